The number of carbonyl (C=O) groups is 2. The van der Waals surface area contributed by atoms with Crippen molar-refractivity contribution in [2.45, 2.75) is 58.0 Å². The first kappa shape index (κ1) is 18.0. The van der Waals surface area contributed by atoms with E-state index in [2.05, 4.69) is 5.32 Å². The van der Waals surface area contributed by atoms with Crippen molar-refractivity contribution >= 4 is 12.0 Å². The van der Waals surface area contributed by atoms with E-state index in [4.69, 9.17) is 9.84 Å². The quantitative estimate of drug-likeness (QED) is 0.753. The maximum absolute atomic E-state index is 12.2. The molecule has 2 N–H and O–H groups in total. The summed E-state index contributed by atoms with van der Waals surface area (Å²) in [5, 5.41) is 12.0. The van der Waals surface area contributed by atoms with Crippen LogP contribution in [0.15, 0.2) is 0 Å². The van der Waals surface area contributed by atoms with E-state index in [1.165, 1.54) is 25.7 Å². The molecular formula is C17H30N2O4. The zero-order valence-electron chi connectivity index (χ0n) is 14.1. The summed E-state index contributed by atoms with van der Waals surface area (Å²) in [7, 11) is 0. The second-order valence-corrected chi connectivity index (χ2v) is 6.68. The van der Waals surface area contributed by atoms with Crippen molar-refractivity contribution < 1.29 is 19.4 Å². The van der Waals surface area contributed by atoms with E-state index in [0.717, 1.165) is 12.8 Å². The number of carboxylic acid groups (broad SMARTS) is 1. The van der Waals surface area contributed by atoms with Crippen LogP contribution in [-0.2, 0) is 9.53 Å². The van der Waals surface area contributed by atoms with E-state index >= 15 is 0 Å². The molecule has 0 radical (unpaired) electrons. The monoisotopic (exact) mass is 326 g/mol. The number of ether oxygens (including phenoxy) is 1. The van der Waals surface area contributed by atoms with E-state index < -0.39 is 11.9 Å². The zero-order chi connectivity index (χ0) is 16.7. The highest BCUT2D eigenvalue weighted by molar-refractivity contribution is 5.76. The number of hydrogen-bond donors (Lipinski definition) is 2. The van der Waals surface area contributed by atoms with Gasteiger partial charge in [0.1, 0.15) is 0 Å². The molecule has 1 saturated heterocycles. The number of nitrogens with one attached hydrogen (secondary N) is 1. The van der Waals surface area contributed by atoms with Crippen molar-refractivity contribution in [1.29, 1.82) is 0 Å². The molecule has 0 aromatic rings. The van der Waals surface area contributed by atoms with Gasteiger partial charge in [-0.15, -0.1) is 0 Å². The van der Waals surface area contributed by atoms with Gasteiger partial charge < -0.3 is 20.1 Å². The predicted octanol–water partition coefficient (Wildman–Crippen LogP) is 2.48. The summed E-state index contributed by atoms with van der Waals surface area (Å²) in [6.45, 7) is 4.28. The first-order chi connectivity index (χ1) is 11.1. The molecule has 0 spiro atoms. The minimum atomic E-state index is -0.805. The summed E-state index contributed by atoms with van der Waals surface area (Å²) < 4.78 is 5.86. The maximum atomic E-state index is 12.2. The Balaban J connectivity index is 1.73. The van der Waals surface area contributed by atoms with Gasteiger partial charge in [-0.25, -0.2) is 4.79 Å². The third kappa shape index (κ3) is 5.37. The molecular weight excluding hydrogens is 296 g/mol. The van der Waals surface area contributed by atoms with Crippen LogP contribution in [0.5, 0.6) is 0 Å². The first-order valence-electron chi connectivity index (χ1n) is 8.99. The number of piperidine rings is 1. The van der Waals surface area contributed by atoms with Crippen molar-refractivity contribution in [3.63, 3.8) is 0 Å². The molecule has 2 aliphatic rings. The summed E-state index contributed by atoms with van der Waals surface area (Å²) >= 11 is 0. The van der Waals surface area contributed by atoms with Gasteiger partial charge in [-0.2, -0.15) is 0 Å². The lowest BCUT2D eigenvalue weighted by molar-refractivity contribution is -0.143. The molecule has 23 heavy (non-hydrogen) atoms. The molecule has 6 heteroatoms. The number of carboxylic acids is 1. The lowest BCUT2D eigenvalue weighted by atomic mass is 9.98. The highest BCUT2D eigenvalue weighted by atomic mass is 16.5. The minimum Gasteiger partial charge on any atom is -0.481 e. The maximum Gasteiger partial charge on any atom is 0.317 e. The average Bonchev–Trinajstić information content (AvgIpc) is 3.08. The summed E-state index contributed by atoms with van der Waals surface area (Å²) in [5.41, 5.74) is 0. The number of rotatable bonds is 7. The van der Waals surface area contributed by atoms with E-state index in [9.17, 15) is 9.59 Å². The number of likely N-dealkylation sites (tertiary alicyclic amines) is 1. The number of nitrogens with zero attached hydrogens (tertiary/aromatic N) is 1. The fourth-order valence-corrected chi connectivity index (χ4v) is 3.79. The molecule has 6 nitrogen and oxygen atoms in total. The van der Waals surface area contributed by atoms with Crippen LogP contribution in [0.4, 0.5) is 4.79 Å². The summed E-state index contributed by atoms with van der Waals surface area (Å²) in [6.07, 6.45) is 7.50. The predicted molar refractivity (Wildman–Crippen MR) is 87.3 cm³/mol. The Morgan fingerprint density at radius 3 is 2.65 bits per heavy atom. The van der Waals surface area contributed by atoms with Crippen LogP contribution < -0.4 is 5.32 Å². The molecule has 2 fully saturated rings. The van der Waals surface area contributed by atoms with E-state index in [0.29, 0.717) is 38.6 Å². The van der Waals surface area contributed by atoms with Gasteiger partial charge in [0.2, 0.25) is 0 Å². The number of urea groups is 1. The Labute approximate surface area is 138 Å². The van der Waals surface area contributed by atoms with Crippen LogP contribution in [0.1, 0.15) is 51.9 Å². The van der Waals surface area contributed by atoms with Gasteiger partial charge in [-0.1, -0.05) is 12.8 Å². The number of hydrogen-bond acceptors (Lipinski definition) is 3. The Hall–Kier alpha value is -1.30. The van der Waals surface area contributed by atoms with Crippen LogP contribution in [0, 0.1) is 11.8 Å². The Morgan fingerprint density at radius 1 is 1.26 bits per heavy atom. The Bertz CT molecular complexity index is 396. The fourth-order valence-electron chi connectivity index (χ4n) is 3.79. The number of carbonyl (C=O) groups excluding carboxylic acids is 1. The molecule has 1 saturated carbocycles. The Kier molecular flexibility index (Phi) is 7.15. The van der Waals surface area contributed by atoms with E-state index in [1.54, 1.807) is 4.90 Å². The Morgan fingerprint density at radius 2 is 2.00 bits per heavy atom. The molecule has 132 valence electrons. The lowest BCUT2D eigenvalue weighted by Gasteiger charge is -2.31. The standard InChI is InChI=1S/C17H30N2O4/c1-2-23-15(13-6-3-4-7-13)9-10-18-17(22)19-11-5-8-14(12-19)16(20)21/h13-15H,2-12H2,1H3,(H,18,22)(H,20,21). The molecule has 1 heterocycles. The lowest BCUT2D eigenvalue weighted by Crippen LogP contribution is -2.47. The van der Waals surface area contributed by atoms with Crippen LogP contribution in [-0.4, -0.2) is 54.4 Å². The van der Waals surface area contributed by atoms with Gasteiger partial charge in [-0.05, 0) is 44.9 Å². The van der Waals surface area contributed by atoms with Gasteiger partial charge in [0.25, 0.3) is 0 Å². The minimum absolute atomic E-state index is 0.141. The molecule has 2 amide bonds. The topological polar surface area (TPSA) is 78.9 Å². The fraction of sp³-hybridized carbons (Fsp3) is 0.882. The SMILES string of the molecule is CCOC(CCNC(=O)N1CCCC(C(=O)O)C1)C1CCCC1. The second kappa shape index (κ2) is 9.11. The molecule has 2 rings (SSSR count). The van der Waals surface area contributed by atoms with Gasteiger partial charge >= 0.3 is 12.0 Å². The molecule has 2 unspecified atom stereocenters. The van der Waals surface area contributed by atoms with Crippen molar-refractivity contribution in [2.24, 2.45) is 11.8 Å². The smallest absolute Gasteiger partial charge is 0.317 e. The molecule has 1 aliphatic heterocycles. The van der Waals surface area contributed by atoms with Crippen molar-refractivity contribution in [1.82, 2.24) is 10.2 Å². The van der Waals surface area contributed by atoms with Crippen molar-refractivity contribution in [2.75, 3.05) is 26.2 Å². The molecule has 0 aromatic carbocycles. The van der Waals surface area contributed by atoms with E-state index in [-0.39, 0.29) is 12.1 Å². The summed E-state index contributed by atoms with van der Waals surface area (Å²) in [4.78, 5) is 24.9. The highest BCUT2D eigenvalue weighted by Crippen LogP contribution is 2.30. The normalized spacial score (nSPS) is 23.7. The van der Waals surface area contributed by atoms with Crippen LogP contribution >= 0.6 is 0 Å². The van der Waals surface area contributed by atoms with E-state index in [1.807, 2.05) is 6.92 Å². The van der Waals surface area contributed by atoms with Crippen LogP contribution in [0.3, 0.4) is 0 Å². The molecule has 0 bridgehead atoms. The molecule has 1 aliphatic carbocycles. The van der Waals surface area contributed by atoms with Gasteiger partial charge in [0, 0.05) is 26.2 Å². The largest absolute Gasteiger partial charge is 0.481 e. The summed E-state index contributed by atoms with van der Waals surface area (Å²) in [6, 6.07) is -0.141. The van der Waals surface area contributed by atoms with Gasteiger partial charge in [-0.3, -0.25) is 4.79 Å². The first-order valence-corrected chi connectivity index (χ1v) is 8.99. The van der Waals surface area contributed by atoms with Gasteiger partial charge in [0.05, 0.1) is 12.0 Å². The summed E-state index contributed by atoms with van der Waals surface area (Å²) in [5.74, 6) is -0.609. The number of aliphatic carboxylic acids is 1. The second-order valence-electron chi connectivity index (χ2n) is 6.68. The van der Waals surface area contributed by atoms with Crippen molar-refractivity contribution in [3.8, 4) is 0 Å². The average molecular weight is 326 g/mol. The van der Waals surface area contributed by atoms with Crippen molar-refractivity contribution in [3.05, 3.63) is 0 Å². The van der Waals surface area contributed by atoms with Crippen LogP contribution in [0.25, 0.3) is 0 Å². The highest BCUT2D eigenvalue weighted by Gasteiger charge is 2.29. The third-order valence-electron chi connectivity index (χ3n) is 5.07. The van der Waals surface area contributed by atoms with Gasteiger partial charge in [0.15, 0.2) is 0 Å². The molecule has 0 aromatic heterocycles. The third-order valence-corrected chi connectivity index (χ3v) is 5.07. The van der Waals surface area contributed by atoms with Crippen LogP contribution in [0.2, 0.25) is 0 Å². The number of amides is 2. The zero-order valence-corrected chi connectivity index (χ0v) is 14.1. The molecule has 2 atom stereocenters.